The van der Waals surface area contributed by atoms with E-state index in [4.69, 9.17) is 0 Å². The van der Waals surface area contributed by atoms with Crippen molar-refractivity contribution < 1.29 is 14.2 Å². The summed E-state index contributed by atoms with van der Waals surface area (Å²) in [6, 6.07) is 0. The van der Waals surface area contributed by atoms with Gasteiger partial charge in [0.05, 0.1) is 12.2 Å². The van der Waals surface area contributed by atoms with Gasteiger partial charge in [0.15, 0.2) is 6.36 Å². The Labute approximate surface area is 191 Å². The van der Waals surface area contributed by atoms with E-state index >= 15 is 0 Å². The van der Waals surface area contributed by atoms with E-state index in [1.165, 1.54) is 19.8 Å². The van der Waals surface area contributed by atoms with Crippen LogP contribution in [-0.4, -0.2) is 23.7 Å². The predicted octanol–water partition coefficient (Wildman–Crippen LogP) is 9.30. The molecule has 0 aromatic heterocycles. The van der Waals surface area contributed by atoms with Gasteiger partial charge in [-0.25, -0.2) is 4.39 Å². The smallest absolute Gasteiger partial charge is 0.195 e. The summed E-state index contributed by atoms with van der Waals surface area (Å²) in [6.07, 6.45) is 3.54. The van der Waals surface area contributed by atoms with Crippen LogP contribution in [0.3, 0.4) is 0 Å². The van der Waals surface area contributed by atoms with Crippen molar-refractivity contribution in [2.45, 2.75) is 141 Å². The molecule has 0 amide bonds. The van der Waals surface area contributed by atoms with E-state index in [-0.39, 0.29) is 0 Å². The Balaban J connectivity index is -0.000000153. The van der Waals surface area contributed by atoms with Crippen molar-refractivity contribution in [3.63, 3.8) is 0 Å². The van der Waals surface area contributed by atoms with Crippen molar-refractivity contribution in [2.24, 2.45) is 29.1 Å². The van der Waals surface area contributed by atoms with E-state index in [0.29, 0.717) is 23.9 Å². The SMILES string of the molecule is CC(C)CC(C)(C)C.CC(C)CCC(C)(C)O.CC(C)COC(C)F.CCC(C)C. The molecule has 0 saturated carbocycles. The lowest BCUT2D eigenvalue weighted by Gasteiger charge is -2.19. The molecule has 0 fully saturated rings. The van der Waals surface area contributed by atoms with Crippen LogP contribution in [0.25, 0.3) is 0 Å². The van der Waals surface area contributed by atoms with Crippen molar-refractivity contribution in [1.29, 1.82) is 0 Å². The number of halogens is 1. The van der Waals surface area contributed by atoms with Gasteiger partial charge in [0.25, 0.3) is 0 Å². The Morgan fingerprint density at radius 3 is 1.20 bits per heavy atom. The standard InChI is InChI=1S/C8H18O.C8H18.C6H13FO.C5H12/c1-7(2)5-6-8(3,4)9;1-7(2)6-8(3,4)5;1-5(2)4-8-6(3)7;1-4-5(2)3/h7,9H,5-6H2,1-4H3;7H,6H2,1-5H3;5-6H,4H2,1-3H3;5H,4H2,1-3H3. The molecule has 2 nitrogen and oxygen atoms in total. The summed E-state index contributed by atoms with van der Waals surface area (Å²) in [5.74, 6) is 2.86. The third-order valence-corrected chi connectivity index (χ3v) is 3.83. The van der Waals surface area contributed by atoms with Gasteiger partial charge >= 0.3 is 0 Å². The fourth-order valence-corrected chi connectivity index (χ4v) is 2.19. The Hall–Kier alpha value is -0.150. The molecular weight excluding hydrogens is 375 g/mol. The number of hydrogen-bond acceptors (Lipinski definition) is 2. The largest absolute Gasteiger partial charge is 0.390 e. The third-order valence-electron chi connectivity index (χ3n) is 3.83. The summed E-state index contributed by atoms with van der Waals surface area (Å²) in [5, 5.41) is 9.27. The quantitative estimate of drug-likeness (QED) is 0.410. The number of hydrogen-bond donors (Lipinski definition) is 1. The molecule has 0 heterocycles. The molecule has 1 N–H and O–H groups in total. The molecular formula is C27H61FO2. The molecule has 0 bridgehead atoms. The van der Waals surface area contributed by atoms with Gasteiger partial charge in [-0.2, -0.15) is 0 Å². The van der Waals surface area contributed by atoms with Crippen molar-refractivity contribution in [3.8, 4) is 0 Å². The second kappa shape index (κ2) is 20.7. The van der Waals surface area contributed by atoms with E-state index in [0.717, 1.165) is 24.7 Å². The van der Waals surface area contributed by atoms with Gasteiger partial charge in [-0.3, -0.25) is 0 Å². The highest BCUT2D eigenvalue weighted by Crippen LogP contribution is 2.23. The number of rotatable bonds is 8. The summed E-state index contributed by atoms with van der Waals surface area (Å²) >= 11 is 0. The molecule has 0 spiro atoms. The Kier molecular flexibility index (Phi) is 25.7. The van der Waals surface area contributed by atoms with Gasteiger partial charge < -0.3 is 9.84 Å². The molecule has 0 saturated heterocycles. The molecule has 188 valence electrons. The molecule has 30 heavy (non-hydrogen) atoms. The summed E-state index contributed by atoms with van der Waals surface area (Å²) in [4.78, 5) is 0. The average Bonchev–Trinajstić information content (AvgIpc) is 2.49. The predicted molar refractivity (Wildman–Crippen MR) is 136 cm³/mol. The van der Waals surface area contributed by atoms with Crippen molar-refractivity contribution in [2.75, 3.05) is 6.61 Å². The van der Waals surface area contributed by atoms with Crippen LogP contribution in [0.4, 0.5) is 4.39 Å². The second-order valence-electron chi connectivity index (χ2n) is 12.0. The minimum atomic E-state index is -1.11. The molecule has 0 aromatic rings. The van der Waals surface area contributed by atoms with E-state index in [1.54, 1.807) is 0 Å². The first-order valence-electron chi connectivity index (χ1n) is 12.2. The topological polar surface area (TPSA) is 29.5 Å². The maximum atomic E-state index is 11.8. The normalized spacial score (nSPS) is 12.7. The van der Waals surface area contributed by atoms with Crippen molar-refractivity contribution in [3.05, 3.63) is 0 Å². The molecule has 1 atom stereocenters. The van der Waals surface area contributed by atoms with Crippen LogP contribution in [0.2, 0.25) is 0 Å². The summed E-state index contributed by atoms with van der Waals surface area (Å²) in [7, 11) is 0. The molecule has 0 aliphatic carbocycles. The third kappa shape index (κ3) is 63.0. The lowest BCUT2D eigenvalue weighted by atomic mass is 9.86. The molecule has 0 aliphatic heterocycles. The van der Waals surface area contributed by atoms with Gasteiger partial charge in [-0.1, -0.05) is 89.5 Å². The molecule has 0 rings (SSSR count). The maximum absolute atomic E-state index is 11.8. The average molecular weight is 437 g/mol. The van der Waals surface area contributed by atoms with Crippen LogP contribution in [0.5, 0.6) is 0 Å². The lowest BCUT2D eigenvalue weighted by Crippen LogP contribution is -2.18. The summed E-state index contributed by atoms with van der Waals surface area (Å²) < 4.78 is 16.5. The number of ether oxygens (including phenoxy) is 1. The Morgan fingerprint density at radius 2 is 1.13 bits per heavy atom. The minimum absolute atomic E-state index is 0.424. The summed E-state index contributed by atoms with van der Waals surface area (Å²) in [5.41, 5.74) is 0.0540. The van der Waals surface area contributed by atoms with E-state index in [1.807, 2.05) is 27.7 Å². The zero-order valence-corrected chi connectivity index (χ0v) is 23.7. The second-order valence-corrected chi connectivity index (χ2v) is 12.0. The van der Waals surface area contributed by atoms with Gasteiger partial charge in [-0.15, -0.1) is 0 Å². The number of aliphatic hydroxyl groups is 1. The first kappa shape index (κ1) is 37.2. The van der Waals surface area contributed by atoms with Gasteiger partial charge in [0, 0.05) is 0 Å². The fourth-order valence-electron chi connectivity index (χ4n) is 2.19. The molecule has 0 aromatic carbocycles. The van der Waals surface area contributed by atoms with Crippen molar-refractivity contribution >= 4 is 0 Å². The minimum Gasteiger partial charge on any atom is -0.390 e. The lowest BCUT2D eigenvalue weighted by molar-refractivity contribution is -0.0358. The van der Waals surface area contributed by atoms with Crippen LogP contribution in [-0.2, 0) is 4.74 Å². The highest BCUT2D eigenvalue weighted by atomic mass is 19.1. The van der Waals surface area contributed by atoms with Crippen LogP contribution in [0.1, 0.15) is 130 Å². The molecule has 0 aliphatic rings. The first-order valence-corrected chi connectivity index (χ1v) is 12.2. The van der Waals surface area contributed by atoms with E-state index in [2.05, 4.69) is 74.0 Å². The highest BCUT2D eigenvalue weighted by molar-refractivity contribution is 4.65. The van der Waals surface area contributed by atoms with Crippen LogP contribution in [0, 0.1) is 29.1 Å². The van der Waals surface area contributed by atoms with Crippen molar-refractivity contribution in [1.82, 2.24) is 0 Å². The number of alkyl halides is 1. The van der Waals surface area contributed by atoms with Gasteiger partial charge in [-0.05, 0) is 69.1 Å². The molecule has 0 radical (unpaired) electrons. The van der Waals surface area contributed by atoms with Crippen LogP contribution in [0.15, 0.2) is 0 Å². The highest BCUT2D eigenvalue weighted by Gasteiger charge is 2.12. The molecule has 1 unspecified atom stereocenters. The Morgan fingerprint density at radius 1 is 0.733 bits per heavy atom. The first-order chi connectivity index (χ1) is 13.2. The van der Waals surface area contributed by atoms with E-state index < -0.39 is 12.0 Å². The molecule has 3 heteroatoms. The zero-order chi connectivity index (χ0) is 25.1. The van der Waals surface area contributed by atoms with E-state index in [9.17, 15) is 9.50 Å². The maximum Gasteiger partial charge on any atom is 0.195 e. The van der Waals surface area contributed by atoms with Gasteiger partial charge in [0.1, 0.15) is 0 Å². The fraction of sp³-hybridized carbons (Fsp3) is 1.00. The monoisotopic (exact) mass is 436 g/mol. The van der Waals surface area contributed by atoms with Crippen LogP contribution < -0.4 is 0 Å². The zero-order valence-electron chi connectivity index (χ0n) is 23.7. The Bertz CT molecular complexity index is 313. The van der Waals surface area contributed by atoms with Gasteiger partial charge in [0.2, 0.25) is 0 Å². The van der Waals surface area contributed by atoms with Crippen LogP contribution >= 0.6 is 0 Å². The summed E-state index contributed by atoms with van der Waals surface area (Å²) in [6.45, 7) is 32.0.